The third-order valence-corrected chi connectivity index (χ3v) is 3.76. The lowest BCUT2D eigenvalue weighted by molar-refractivity contribution is 0.189. The Labute approximate surface area is 108 Å². The van der Waals surface area contributed by atoms with Crippen molar-refractivity contribution < 1.29 is 0 Å². The van der Waals surface area contributed by atoms with Crippen molar-refractivity contribution >= 4 is 0 Å². The van der Waals surface area contributed by atoms with Gasteiger partial charge in [0.25, 0.3) is 0 Å². The fourth-order valence-electron chi connectivity index (χ4n) is 2.44. The van der Waals surface area contributed by atoms with E-state index in [0.717, 1.165) is 11.8 Å². The first-order chi connectivity index (χ1) is 8.18. The Morgan fingerprint density at radius 1 is 1.12 bits per heavy atom. The second-order valence-electron chi connectivity index (χ2n) is 6.18. The Hall–Kier alpha value is -0.0800. The molecule has 1 saturated heterocycles. The molecule has 1 rings (SSSR count). The predicted molar refractivity (Wildman–Crippen MR) is 76.4 cm³/mol. The maximum absolute atomic E-state index is 3.52. The lowest BCUT2D eigenvalue weighted by Crippen LogP contribution is -2.33. The molecule has 2 heteroatoms. The Morgan fingerprint density at radius 3 is 2.47 bits per heavy atom. The fraction of sp³-hybridized carbons (Fsp3) is 1.00. The van der Waals surface area contributed by atoms with Crippen LogP contribution in [-0.2, 0) is 0 Å². The first kappa shape index (κ1) is 15.0. The van der Waals surface area contributed by atoms with Gasteiger partial charge in [-0.1, -0.05) is 27.2 Å². The van der Waals surface area contributed by atoms with Crippen molar-refractivity contribution in [3.05, 3.63) is 0 Å². The van der Waals surface area contributed by atoms with Crippen molar-refractivity contribution in [3.63, 3.8) is 0 Å². The normalized spacial score (nSPS) is 19.1. The standard InChI is InChI=1S/C15H32N2/c1-14(2)13-16-9-5-4-6-10-17-11-7-15(3)8-12-17/h14-16H,4-13H2,1-3H3. The molecule has 0 bridgehead atoms. The molecule has 0 aromatic rings. The van der Waals surface area contributed by atoms with Gasteiger partial charge in [0.2, 0.25) is 0 Å². The van der Waals surface area contributed by atoms with E-state index in [9.17, 15) is 0 Å². The molecule has 102 valence electrons. The molecule has 17 heavy (non-hydrogen) atoms. The second kappa shape index (κ2) is 8.93. The van der Waals surface area contributed by atoms with Gasteiger partial charge in [0.1, 0.15) is 0 Å². The van der Waals surface area contributed by atoms with Gasteiger partial charge in [0.05, 0.1) is 0 Å². The van der Waals surface area contributed by atoms with Gasteiger partial charge in [-0.05, 0) is 70.2 Å². The summed E-state index contributed by atoms with van der Waals surface area (Å²) >= 11 is 0. The summed E-state index contributed by atoms with van der Waals surface area (Å²) in [6.07, 6.45) is 6.94. The van der Waals surface area contributed by atoms with Gasteiger partial charge >= 0.3 is 0 Å². The molecule has 1 aliphatic heterocycles. The quantitative estimate of drug-likeness (QED) is 0.656. The zero-order valence-electron chi connectivity index (χ0n) is 12.2. The molecule has 0 aromatic carbocycles. The summed E-state index contributed by atoms with van der Waals surface area (Å²) in [6, 6.07) is 0. The van der Waals surface area contributed by atoms with Gasteiger partial charge in [-0.15, -0.1) is 0 Å². The van der Waals surface area contributed by atoms with E-state index in [0.29, 0.717) is 0 Å². The summed E-state index contributed by atoms with van der Waals surface area (Å²) in [4.78, 5) is 2.65. The van der Waals surface area contributed by atoms with Crippen LogP contribution in [0.3, 0.4) is 0 Å². The van der Waals surface area contributed by atoms with Crippen LogP contribution in [0.15, 0.2) is 0 Å². The van der Waals surface area contributed by atoms with Crippen molar-refractivity contribution in [1.29, 1.82) is 0 Å². The summed E-state index contributed by atoms with van der Waals surface area (Å²) in [5.74, 6) is 1.75. The van der Waals surface area contributed by atoms with Crippen molar-refractivity contribution in [2.24, 2.45) is 11.8 Å². The van der Waals surface area contributed by atoms with Crippen LogP contribution in [0.5, 0.6) is 0 Å². The molecular formula is C15H32N2. The smallest absolute Gasteiger partial charge is 0.00162 e. The van der Waals surface area contributed by atoms with Gasteiger partial charge in [0, 0.05) is 0 Å². The second-order valence-corrected chi connectivity index (χ2v) is 6.18. The topological polar surface area (TPSA) is 15.3 Å². The highest BCUT2D eigenvalue weighted by atomic mass is 15.1. The molecule has 2 nitrogen and oxygen atoms in total. The number of likely N-dealkylation sites (tertiary alicyclic amines) is 1. The third kappa shape index (κ3) is 7.77. The van der Waals surface area contributed by atoms with Crippen LogP contribution in [0, 0.1) is 11.8 Å². The minimum atomic E-state index is 0.783. The minimum absolute atomic E-state index is 0.783. The molecule has 0 unspecified atom stereocenters. The first-order valence-electron chi connectivity index (χ1n) is 7.61. The predicted octanol–water partition coefficient (Wildman–Crippen LogP) is 3.13. The van der Waals surface area contributed by atoms with Crippen LogP contribution in [0.2, 0.25) is 0 Å². The Morgan fingerprint density at radius 2 is 1.82 bits per heavy atom. The Kier molecular flexibility index (Phi) is 7.87. The van der Waals surface area contributed by atoms with E-state index in [2.05, 4.69) is 31.0 Å². The molecule has 0 radical (unpaired) electrons. The molecule has 1 fully saturated rings. The number of nitrogens with one attached hydrogen (secondary N) is 1. The molecule has 0 aliphatic carbocycles. The van der Waals surface area contributed by atoms with E-state index in [4.69, 9.17) is 0 Å². The molecule has 0 amide bonds. The maximum Gasteiger partial charge on any atom is -0.00162 e. The molecule has 0 aromatic heterocycles. The molecule has 0 atom stereocenters. The van der Waals surface area contributed by atoms with Crippen LogP contribution in [0.1, 0.15) is 52.9 Å². The van der Waals surface area contributed by atoms with Crippen molar-refractivity contribution in [3.8, 4) is 0 Å². The molecule has 0 saturated carbocycles. The molecule has 1 N–H and O–H groups in total. The molecule has 1 aliphatic rings. The van der Waals surface area contributed by atoms with Crippen LogP contribution < -0.4 is 5.32 Å². The SMILES string of the molecule is CC(C)CNCCCCCN1CCC(C)CC1. The summed E-state index contributed by atoms with van der Waals surface area (Å²) in [6.45, 7) is 13.3. The zero-order chi connectivity index (χ0) is 12.5. The maximum atomic E-state index is 3.52. The monoisotopic (exact) mass is 240 g/mol. The van der Waals surface area contributed by atoms with Gasteiger partial charge in [-0.25, -0.2) is 0 Å². The number of unbranched alkanes of at least 4 members (excludes halogenated alkanes) is 2. The van der Waals surface area contributed by atoms with Crippen LogP contribution in [0.25, 0.3) is 0 Å². The number of piperidine rings is 1. The lowest BCUT2D eigenvalue weighted by atomic mass is 9.99. The number of hydrogen-bond acceptors (Lipinski definition) is 2. The fourth-order valence-corrected chi connectivity index (χ4v) is 2.44. The van der Waals surface area contributed by atoms with Gasteiger partial charge in [-0.2, -0.15) is 0 Å². The Bertz CT molecular complexity index is 172. The number of nitrogens with zero attached hydrogens (tertiary/aromatic N) is 1. The van der Waals surface area contributed by atoms with Crippen molar-refractivity contribution in [1.82, 2.24) is 10.2 Å². The Balaban J connectivity index is 1.84. The summed E-state index contributed by atoms with van der Waals surface area (Å²) < 4.78 is 0. The van der Waals surface area contributed by atoms with E-state index in [1.165, 1.54) is 64.8 Å². The minimum Gasteiger partial charge on any atom is -0.316 e. The summed E-state index contributed by atoms with van der Waals surface area (Å²) in [5.41, 5.74) is 0. The van der Waals surface area contributed by atoms with Gasteiger partial charge in [-0.3, -0.25) is 0 Å². The highest BCUT2D eigenvalue weighted by Gasteiger charge is 2.14. The van der Waals surface area contributed by atoms with Crippen LogP contribution >= 0.6 is 0 Å². The van der Waals surface area contributed by atoms with E-state index >= 15 is 0 Å². The van der Waals surface area contributed by atoms with Crippen molar-refractivity contribution in [2.75, 3.05) is 32.7 Å². The van der Waals surface area contributed by atoms with Crippen LogP contribution in [-0.4, -0.2) is 37.6 Å². The first-order valence-corrected chi connectivity index (χ1v) is 7.61. The van der Waals surface area contributed by atoms with Gasteiger partial charge < -0.3 is 10.2 Å². The van der Waals surface area contributed by atoms with Gasteiger partial charge in [0.15, 0.2) is 0 Å². The van der Waals surface area contributed by atoms with E-state index in [-0.39, 0.29) is 0 Å². The number of hydrogen-bond donors (Lipinski definition) is 1. The highest BCUT2D eigenvalue weighted by Crippen LogP contribution is 2.16. The largest absolute Gasteiger partial charge is 0.316 e. The summed E-state index contributed by atoms with van der Waals surface area (Å²) in [5, 5.41) is 3.52. The zero-order valence-corrected chi connectivity index (χ0v) is 12.2. The highest BCUT2D eigenvalue weighted by molar-refractivity contribution is 4.69. The summed E-state index contributed by atoms with van der Waals surface area (Å²) in [7, 11) is 0. The molecular weight excluding hydrogens is 208 g/mol. The molecule has 0 spiro atoms. The van der Waals surface area contributed by atoms with E-state index < -0.39 is 0 Å². The van der Waals surface area contributed by atoms with E-state index in [1.807, 2.05) is 0 Å². The van der Waals surface area contributed by atoms with Crippen LogP contribution in [0.4, 0.5) is 0 Å². The average Bonchev–Trinajstić information content (AvgIpc) is 2.30. The lowest BCUT2D eigenvalue weighted by Gasteiger charge is -2.30. The van der Waals surface area contributed by atoms with Crippen molar-refractivity contribution in [2.45, 2.75) is 52.9 Å². The van der Waals surface area contributed by atoms with E-state index in [1.54, 1.807) is 0 Å². The molecule has 1 heterocycles. The average molecular weight is 240 g/mol. The number of rotatable bonds is 8. The third-order valence-electron chi connectivity index (χ3n) is 3.76.